The van der Waals surface area contributed by atoms with Crippen LogP contribution in [-0.2, 0) is 6.42 Å². The van der Waals surface area contributed by atoms with Crippen molar-refractivity contribution in [2.45, 2.75) is 72.4 Å². The molecule has 0 amide bonds. The van der Waals surface area contributed by atoms with Crippen LogP contribution in [0.5, 0.6) is 0 Å². The molecular formula is C16H31N3S. The second-order valence-corrected chi connectivity index (χ2v) is 6.83. The smallest absolute Gasteiger partial charge is 0.0947 e. The van der Waals surface area contributed by atoms with E-state index >= 15 is 0 Å². The minimum Gasteiger partial charge on any atom is -0.326 e. The summed E-state index contributed by atoms with van der Waals surface area (Å²) in [6, 6.07) is 0.141. The van der Waals surface area contributed by atoms with Gasteiger partial charge in [-0.3, -0.25) is 4.90 Å². The van der Waals surface area contributed by atoms with Crippen molar-refractivity contribution in [2.24, 2.45) is 5.73 Å². The van der Waals surface area contributed by atoms with Crippen molar-refractivity contribution in [3.63, 3.8) is 0 Å². The molecule has 0 aliphatic heterocycles. The lowest BCUT2D eigenvalue weighted by Crippen LogP contribution is -2.60. The Morgan fingerprint density at radius 1 is 1.15 bits per heavy atom. The summed E-state index contributed by atoms with van der Waals surface area (Å²) < 4.78 is 0. The molecule has 3 nitrogen and oxygen atoms in total. The van der Waals surface area contributed by atoms with Crippen LogP contribution >= 0.6 is 11.3 Å². The molecule has 1 aromatic rings. The van der Waals surface area contributed by atoms with Gasteiger partial charge in [0.1, 0.15) is 0 Å². The summed E-state index contributed by atoms with van der Waals surface area (Å²) in [5.41, 5.74) is 7.89. The Bertz CT molecular complexity index is 386. The Hall–Kier alpha value is -0.450. The maximum Gasteiger partial charge on any atom is 0.0947 e. The first kappa shape index (κ1) is 17.6. The molecule has 0 aliphatic rings. The third kappa shape index (κ3) is 3.41. The van der Waals surface area contributed by atoms with Gasteiger partial charge in [0.15, 0.2) is 0 Å². The van der Waals surface area contributed by atoms with Crippen LogP contribution in [0.3, 0.4) is 0 Å². The van der Waals surface area contributed by atoms with Gasteiger partial charge in [0.2, 0.25) is 0 Å². The number of aromatic nitrogens is 1. The number of nitrogens with two attached hydrogens (primary N) is 1. The van der Waals surface area contributed by atoms with Gasteiger partial charge >= 0.3 is 0 Å². The quantitative estimate of drug-likeness (QED) is 0.798. The third-order valence-electron chi connectivity index (χ3n) is 4.78. The molecule has 0 saturated carbocycles. The summed E-state index contributed by atoms with van der Waals surface area (Å²) in [7, 11) is 0. The summed E-state index contributed by atoms with van der Waals surface area (Å²) in [6.07, 6.45) is 3.07. The van der Waals surface area contributed by atoms with Gasteiger partial charge in [0.05, 0.1) is 10.7 Å². The van der Waals surface area contributed by atoms with Gasteiger partial charge in [-0.05, 0) is 39.8 Å². The van der Waals surface area contributed by atoms with E-state index < -0.39 is 0 Å². The first-order valence-corrected chi connectivity index (χ1v) is 8.70. The first-order valence-electron chi connectivity index (χ1n) is 7.88. The Balaban J connectivity index is 2.96. The number of hydrogen-bond donors (Lipinski definition) is 1. The zero-order chi connectivity index (χ0) is 15.3. The topological polar surface area (TPSA) is 42.1 Å². The Kier molecular flexibility index (Phi) is 6.62. The number of nitrogens with zero attached hydrogens (tertiary/aromatic N) is 2. The molecule has 0 saturated heterocycles. The molecule has 0 radical (unpaired) electrons. The molecule has 20 heavy (non-hydrogen) atoms. The minimum atomic E-state index is 0.0942. The zero-order valence-electron chi connectivity index (χ0n) is 14.0. The average molecular weight is 298 g/mol. The van der Waals surface area contributed by atoms with Crippen LogP contribution in [0.4, 0.5) is 0 Å². The summed E-state index contributed by atoms with van der Waals surface area (Å²) in [5, 5.41) is 1.19. The number of hydrogen-bond acceptors (Lipinski definition) is 4. The normalized spacial score (nSPS) is 14.0. The van der Waals surface area contributed by atoms with E-state index in [2.05, 4.69) is 51.4 Å². The highest BCUT2D eigenvalue weighted by molar-refractivity contribution is 7.11. The molecule has 0 aliphatic carbocycles. The van der Waals surface area contributed by atoms with Gasteiger partial charge in [-0.2, -0.15) is 0 Å². The Labute approximate surface area is 128 Å². The van der Waals surface area contributed by atoms with Crippen LogP contribution in [-0.4, -0.2) is 34.6 Å². The molecule has 2 N–H and O–H groups in total. The second-order valence-electron chi connectivity index (χ2n) is 5.54. The number of thiazole rings is 1. The van der Waals surface area contributed by atoms with E-state index in [0.29, 0.717) is 0 Å². The molecule has 0 aromatic carbocycles. The molecule has 1 heterocycles. The molecule has 116 valence electrons. The van der Waals surface area contributed by atoms with Crippen LogP contribution in [0, 0.1) is 13.8 Å². The van der Waals surface area contributed by atoms with Crippen molar-refractivity contribution in [3.05, 3.63) is 15.6 Å². The molecule has 1 atom stereocenters. The fourth-order valence-electron chi connectivity index (χ4n) is 3.31. The van der Waals surface area contributed by atoms with Gasteiger partial charge in [0.25, 0.3) is 0 Å². The molecule has 0 spiro atoms. The maximum atomic E-state index is 6.64. The van der Waals surface area contributed by atoms with Crippen LogP contribution < -0.4 is 5.73 Å². The van der Waals surface area contributed by atoms with Crippen molar-refractivity contribution in [2.75, 3.05) is 13.1 Å². The van der Waals surface area contributed by atoms with E-state index in [-0.39, 0.29) is 11.6 Å². The SMILES string of the molecule is CCN(CC)C(CC)(CC)C(N)Cc1nc(C)c(C)s1. The fraction of sp³-hybridized carbons (Fsp3) is 0.812. The highest BCUT2D eigenvalue weighted by atomic mass is 32.1. The summed E-state index contributed by atoms with van der Waals surface area (Å²) in [4.78, 5) is 8.51. The van der Waals surface area contributed by atoms with Crippen molar-refractivity contribution < 1.29 is 0 Å². The van der Waals surface area contributed by atoms with Crippen molar-refractivity contribution in [1.29, 1.82) is 0 Å². The third-order valence-corrected chi connectivity index (χ3v) is 5.87. The molecule has 0 bridgehead atoms. The largest absolute Gasteiger partial charge is 0.326 e. The van der Waals surface area contributed by atoms with Gasteiger partial charge in [-0.25, -0.2) is 4.98 Å². The van der Waals surface area contributed by atoms with Crippen LogP contribution in [0.2, 0.25) is 0 Å². The summed E-state index contributed by atoms with van der Waals surface area (Å²) in [5.74, 6) is 0. The van der Waals surface area contributed by atoms with Gasteiger partial charge in [-0.1, -0.05) is 27.7 Å². The number of likely N-dealkylation sites (N-methyl/N-ethyl adjacent to an activating group) is 1. The maximum absolute atomic E-state index is 6.64. The van der Waals surface area contributed by atoms with E-state index in [1.807, 2.05) is 0 Å². The summed E-state index contributed by atoms with van der Waals surface area (Å²) >= 11 is 1.80. The molecule has 1 rings (SSSR count). The standard InChI is InChI=1S/C16H31N3S/c1-7-16(8-2,19(9-3)10-4)14(17)11-15-18-12(5)13(6)20-15/h14H,7-11,17H2,1-6H3. The van der Waals surface area contributed by atoms with Gasteiger partial charge in [-0.15, -0.1) is 11.3 Å². The Morgan fingerprint density at radius 3 is 2.05 bits per heavy atom. The lowest BCUT2D eigenvalue weighted by molar-refractivity contribution is 0.0628. The molecule has 1 unspecified atom stereocenters. The monoisotopic (exact) mass is 297 g/mol. The van der Waals surface area contributed by atoms with Crippen molar-refractivity contribution in [1.82, 2.24) is 9.88 Å². The van der Waals surface area contributed by atoms with E-state index in [1.165, 1.54) is 9.88 Å². The highest BCUT2D eigenvalue weighted by Gasteiger charge is 2.38. The lowest BCUT2D eigenvalue weighted by atomic mass is 9.81. The number of rotatable bonds is 8. The Morgan fingerprint density at radius 2 is 1.70 bits per heavy atom. The van der Waals surface area contributed by atoms with E-state index in [1.54, 1.807) is 11.3 Å². The van der Waals surface area contributed by atoms with E-state index in [4.69, 9.17) is 5.73 Å². The molecule has 4 heteroatoms. The second kappa shape index (κ2) is 7.53. The van der Waals surface area contributed by atoms with Crippen LogP contribution in [0.1, 0.15) is 56.1 Å². The molecular weight excluding hydrogens is 266 g/mol. The number of aryl methyl sites for hydroxylation is 2. The zero-order valence-corrected chi connectivity index (χ0v) is 14.8. The molecule has 0 fully saturated rings. The van der Waals surface area contributed by atoms with E-state index in [0.717, 1.165) is 38.0 Å². The predicted molar refractivity (Wildman–Crippen MR) is 89.5 cm³/mol. The van der Waals surface area contributed by atoms with Crippen LogP contribution in [0.25, 0.3) is 0 Å². The van der Waals surface area contributed by atoms with Crippen molar-refractivity contribution in [3.8, 4) is 0 Å². The molecule has 1 aromatic heterocycles. The van der Waals surface area contributed by atoms with Gasteiger partial charge < -0.3 is 5.73 Å². The van der Waals surface area contributed by atoms with E-state index in [9.17, 15) is 0 Å². The predicted octanol–water partition coefficient (Wildman–Crippen LogP) is 3.53. The fourth-order valence-corrected chi connectivity index (χ4v) is 4.31. The van der Waals surface area contributed by atoms with Crippen LogP contribution in [0.15, 0.2) is 0 Å². The highest BCUT2D eigenvalue weighted by Crippen LogP contribution is 2.30. The van der Waals surface area contributed by atoms with Gasteiger partial charge in [0, 0.05) is 22.9 Å². The minimum absolute atomic E-state index is 0.0942. The first-order chi connectivity index (χ1) is 9.44. The van der Waals surface area contributed by atoms with Crippen molar-refractivity contribution >= 4 is 11.3 Å². The average Bonchev–Trinajstić information content (AvgIpc) is 2.74. The lowest BCUT2D eigenvalue weighted by Gasteiger charge is -2.46. The summed E-state index contributed by atoms with van der Waals surface area (Å²) in [6.45, 7) is 15.3.